The van der Waals surface area contributed by atoms with Crippen LogP contribution in [0.2, 0.25) is 0 Å². The fourth-order valence-electron chi connectivity index (χ4n) is 4.31. The summed E-state index contributed by atoms with van der Waals surface area (Å²) < 4.78 is 0. The minimum absolute atomic E-state index is 0.139. The van der Waals surface area contributed by atoms with Crippen LogP contribution in [-0.2, 0) is 9.59 Å². The summed E-state index contributed by atoms with van der Waals surface area (Å²) in [6.07, 6.45) is 6.79. The Balaban J connectivity index is 1.32. The zero-order valence-corrected chi connectivity index (χ0v) is 17.7. The molecule has 2 aliphatic heterocycles. The van der Waals surface area contributed by atoms with Crippen LogP contribution in [0.5, 0.6) is 0 Å². The van der Waals surface area contributed by atoms with Crippen LogP contribution in [0, 0.1) is 12.8 Å². The summed E-state index contributed by atoms with van der Waals surface area (Å²) in [7, 11) is 0. The molecule has 0 bridgehead atoms. The molecule has 3 amide bonds. The maximum Gasteiger partial charge on any atom is 0.267 e. The van der Waals surface area contributed by atoms with E-state index < -0.39 is 0 Å². The van der Waals surface area contributed by atoms with Crippen molar-refractivity contribution >= 4 is 35.6 Å². The van der Waals surface area contributed by atoms with E-state index in [-0.39, 0.29) is 11.8 Å². The number of nitrogens with zero attached hydrogens (tertiary/aromatic N) is 1. The number of nitrogens with one attached hydrogen (secondary N) is 3. The van der Waals surface area contributed by atoms with E-state index in [0.29, 0.717) is 23.7 Å². The van der Waals surface area contributed by atoms with E-state index in [2.05, 4.69) is 15.6 Å². The second-order valence-corrected chi connectivity index (χ2v) is 8.32. The summed E-state index contributed by atoms with van der Waals surface area (Å²) in [6, 6.07) is 9.39. The lowest BCUT2D eigenvalue weighted by Crippen LogP contribution is -2.33. The molecular formula is C24H28N4O3. The lowest BCUT2D eigenvalue weighted by atomic mass is 9.92. The third-order valence-corrected chi connectivity index (χ3v) is 6.17. The second-order valence-electron chi connectivity index (χ2n) is 8.32. The molecule has 0 aliphatic carbocycles. The quantitative estimate of drug-likeness (QED) is 0.365. The van der Waals surface area contributed by atoms with Gasteiger partial charge in [0.15, 0.2) is 0 Å². The van der Waals surface area contributed by atoms with Gasteiger partial charge in [-0.3, -0.25) is 14.4 Å². The molecule has 0 spiro atoms. The molecule has 4 rings (SSSR count). The first-order valence-electron chi connectivity index (χ1n) is 10.8. The van der Waals surface area contributed by atoms with Crippen molar-refractivity contribution in [3.63, 3.8) is 0 Å². The van der Waals surface area contributed by atoms with Crippen molar-refractivity contribution in [2.45, 2.75) is 32.6 Å². The molecule has 0 atom stereocenters. The number of H-pyrrole nitrogens is 1. The Hall–Kier alpha value is -3.35. The van der Waals surface area contributed by atoms with Crippen molar-refractivity contribution in [1.29, 1.82) is 0 Å². The van der Waals surface area contributed by atoms with Gasteiger partial charge < -0.3 is 20.5 Å². The van der Waals surface area contributed by atoms with Gasteiger partial charge in [0.2, 0.25) is 6.41 Å². The van der Waals surface area contributed by atoms with Gasteiger partial charge in [-0.05, 0) is 62.3 Å². The molecule has 0 radical (unpaired) electrons. The Morgan fingerprint density at radius 2 is 2.03 bits per heavy atom. The molecule has 3 N–H and O–H groups in total. The highest BCUT2D eigenvalue weighted by molar-refractivity contribution is 6.34. The monoisotopic (exact) mass is 420 g/mol. The molecule has 1 saturated heterocycles. The fourth-order valence-corrected chi connectivity index (χ4v) is 4.31. The van der Waals surface area contributed by atoms with Gasteiger partial charge >= 0.3 is 0 Å². The van der Waals surface area contributed by atoms with Crippen LogP contribution >= 0.6 is 0 Å². The standard InChI is InChI=1S/C24H28N4O3/c1-16-13-22(24(31)25-10-4-5-17-8-11-28(15-29)12-9-17)26-21(16)14-19-18-6-2-3-7-20(18)27-23(19)30/h2-3,6-7,13-15,17,26H,4-5,8-12H2,1H3,(H,25,31)(H,27,30). The normalized spacial score (nSPS) is 17.5. The highest BCUT2D eigenvalue weighted by Crippen LogP contribution is 2.33. The van der Waals surface area contributed by atoms with Crippen LogP contribution in [0.3, 0.4) is 0 Å². The van der Waals surface area contributed by atoms with Crippen LogP contribution in [0.1, 0.15) is 53.0 Å². The number of anilines is 1. The van der Waals surface area contributed by atoms with Crippen LogP contribution in [0.25, 0.3) is 11.6 Å². The van der Waals surface area contributed by atoms with Crippen molar-refractivity contribution in [2.24, 2.45) is 5.92 Å². The van der Waals surface area contributed by atoms with E-state index >= 15 is 0 Å². The SMILES string of the molecule is Cc1cc(C(=O)NCCCC2CCN(C=O)CC2)[nH]c1C=C1C(=O)Nc2ccccc21. The number of hydrogen-bond acceptors (Lipinski definition) is 3. The summed E-state index contributed by atoms with van der Waals surface area (Å²) in [5.41, 5.74) is 4.43. The molecule has 31 heavy (non-hydrogen) atoms. The number of amides is 3. The first kappa shape index (κ1) is 20.9. The van der Waals surface area contributed by atoms with Crippen molar-refractivity contribution in [2.75, 3.05) is 25.0 Å². The van der Waals surface area contributed by atoms with Gasteiger partial charge in [-0.1, -0.05) is 18.2 Å². The number of aromatic nitrogens is 1. The molecule has 1 aromatic carbocycles. The lowest BCUT2D eigenvalue weighted by molar-refractivity contribution is -0.119. The first-order chi connectivity index (χ1) is 15.0. The predicted octanol–water partition coefficient (Wildman–Crippen LogP) is 3.19. The lowest BCUT2D eigenvalue weighted by Gasteiger charge is -2.29. The smallest absolute Gasteiger partial charge is 0.267 e. The average molecular weight is 421 g/mol. The second kappa shape index (κ2) is 9.20. The summed E-state index contributed by atoms with van der Waals surface area (Å²) in [6.45, 7) is 4.22. The molecule has 7 heteroatoms. The number of likely N-dealkylation sites (tertiary alicyclic amines) is 1. The summed E-state index contributed by atoms with van der Waals surface area (Å²) in [5.74, 6) is 0.347. The van der Waals surface area contributed by atoms with Crippen LogP contribution in [0.4, 0.5) is 5.69 Å². The molecule has 1 fully saturated rings. The summed E-state index contributed by atoms with van der Waals surface area (Å²) >= 11 is 0. The fraction of sp³-hybridized carbons (Fsp3) is 0.375. The molecule has 0 saturated carbocycles. The Bertz CT molecular complexity index is 1020. The molecular weight excluding hydrogens is 392 g/mol. The van der Waals surface area contributed by atoms with Gasteiger partial charge in [0.25, 0.3) is 11.8 Å². The van der Waals surface area contributed by atoms with Crippen LogP contribution in [0.15, 0.2) is 30.3 Å². The minimum atomic E-state index is -0.139. The Labute approximate surface area is 181 Å². The van der Waals surface area contributed by atoms with Gasteiger partial charge in [0, 0.05) is 36.6 Å². The van der Waals surface area contributed by atoms with E-state index in [1.165, 1.54) is 0 Å². The Morgan fingerprint density at radius 3 is 2.81 bits per heavy atom. The van der Waals surface area contributed by atoms with E-state index in [4.69, 9.17) is 0 Å². The molecule has 1 aromatic heterocycles. The van der Waals surface area contributed by atoms with Crippen molar-refractivity contribution in [3.8, 4) is 0 Å². The maximum absolute atomic E-state index is 12.6. The molecule has 7 nitrogen and oxygen atoms in total. The summed E-state index contributed by atoms with van der Waals surface area (Å²) in [5, 5.41) is 5.84. The molecule has 2 aliphatic rings. The number of hydrogen-bond donors (Lipinski definition) is 3. The maximum atomic E-state index is 12.6. The Morgan fingerprint density at radius 1 is 1.26 bits per heavy atom. The topological polar surface area (TPSA) is 94.3 Å². The van der Waals surface area contributed by atoms with Gasteiger partial charge in [0.05, 0.1) is 5.57 Å². The number of fused-ring (bicyclic) bond motifs is 1. The third-order valence-electron chi connectivity index (χ3n) is 6.17. The average Bonchev–Trinajstić information content (AvgIpc) is 3.31. The van der Waals surface area contributed by atoms with Gasteiger partial charge in [0.1, 0.15) is 5.69 Å². The highest BCUT2D eigenvalue weighted by Gasteiger charge is 2.24. The zero-order chi connectivity index (χ0) is 21.8. The number of aromatic amines is 1. The van der Waals surface area contributed by atoms with Crippen molar-refractivity contribution in [1.82, 2.24) is 15.2 Å². The number of para-hydroxylation sites is 1. The van der Waals surface area contributed by atoms with Gasteiger partial charge in [-0.25, -0.2) is 0 Å². The molecule has 0 unspecified atom stereocenters. The van der Waals surface area contributed by atoms with Gasteiger partial charge in [-0.2, -0.15) is 0 Å². The van der Waals surface area contributed by atoms with E-state index in [0.717, 1.165) is 67.7 Å². The number of carbonyl (C=O) groups is 3. The Kier molecular flexibility index (Phi) is 6.21. The van der Waals surface area contributed by atoms with E-state index in [1.807, 2.05) is 42.2 Å². The van der Waals surface area contributed by atoms with Crippen molar-refractivity contribution < 1.29 is 14.4 Å². The summed E-state index contributed by atoms with van der Waals surface area (Å²) in [4.78, 5) is 40.7. The number of aryl methyl sites for hydroxylation is 1. The van der Waals surface area contributed by atoms with Crippen molar-refractivity contribution in [3.05, 3.63) is 52.8 Å². The molecule has 162 valence electrons. The highest BCUT2D eigenvalue weighted by atomic mass is 16.2. The molecule has 2 aromatic rings. The first-order valence-corrected chi connectivity index (χ1v) is 10.8. The third kappa shape index (κ3) is 4.71. The number of rotatable bonds is 7. The minimum Gasteiger partial charge on any atom is -0.351 e. The van der Waals surface area contributed by atoms with E-state index in [9.17, 15) is 14.4 Å². The number of piperidine rings is 1. The zero-order valence-electron chi connectivity index (χ0n) is 17.7. The van der Waals surface area contributed by atoms with Crippen LogP contribution < -0.4 is 10.6 Å². The van der Waals surface area contributed by atoms with Gasteiger partial charge in [-0.15, -0.1) is 0 Å². The number of carbonyl (C=O) groups excluding carboxylic acids is 3. The number of benzene rings is 1. The largest absolute Gasteiger partial charge is 0.351 e. The molecule has 3 heterocycles. The van der Waals surface area contributed by atoms with E-state index in [1.54, 1.807) is 6.08 Å². The predicted molar refractivity (Wildman–Crippen MR) is 120 cm³/mol. The van der Waals surface area contributed by atoms with Crippen LogP contribution in [-0.4, -0.2) is 47.7 Å².